The minimum absolute atomic E-state index is 0.0130. The molecule has 2 N–H and O–H groups in total. The van der Waals surface area contributed by atoms with Gasteiger partial charge in [-0.15, -0.1) is 0 Å². The summed E-state index contributed by atoms with van der Waals surface area (Å²) in [6.07, 6.45) is -0.0130. The molecule has 0 fully saturated rings. The average molecular weight is 261 g/mol. The first-order valence-corrected chi connectivity index (χ1v) is 5.96. The lowest BCUT2D eigenvalue weighted by Gasteiger charge is -2.11. The molecule has 100 valence electrons. The number of ether oxygens (including phenoxy) is 1. The van der Waals surface area contributed by atoms with Gasteiger partial charge in [-0.3, -0.25) is 4.79 Å². The molecule has 2 aromatic rings. The van der Waals surface area contributed by atoms with E-state index in [1.54, 1.807) is 25.1 Å². The van der Waals surface area contributed by atoms with Crippen LogP contribution < -0.4 is 10.2 Å². The lowest BCUT2D eigenvalue weighted by atomic mass is 10.1. The third-order valence-electron chi connectivity index (χ3n) is 2.75. The second-order valence-electron chi connectivity index (χ2n) is 4.63. The predicted octanol–water partition coefficient (Wildman–Crippen LogP) is 2.32. The van der Waals surface area contributed by atoms with Crippen LogP contribution in [-0.2, 0) is 0 Å². The standard InChI is InChI=1S/C14H15NO4/c1-7(2)19-9-4-5-11-10(6-9)13(16)12(14(17)18)8(3)15-11/h4-7H,1-3H3,(H,15,16)(H,17,18). The number of hydrogen-bond donors (Lipinski definition) is 2. The molecule has 1 aromatic carbocycles. The number of carboxylic acids is 1. The Kier molecular flexibility index (Phi) is 3.29. The molecule has 0 bridgehead atoms. The predicted molar refractivity (Wildman–Crippen MR) is 72.0 cm³/mol. The minimum Gasteiger partial charge on any atom is -0.491 e. The molecule has 5 heteroatoms. The van der Waals surface area contributed by atoms with Crippen LogP contribution in [0.25, 0.3) is 10.9 Å². The monoisotopic (exact) mass is 261 g/mol. The van der Waals surface area contributed by atoms with Gasteiger partial charge >= 0.3 is 5.97 Å². The van der Waals surface area contributed by atoms with Gasteiger partial charge in [0.1, 0.15) is 11.3 Å². The molecule has 0 aliphatic rings. The van der Waals surface area contributed by atoms with Crippen LogP contribution in [0.4, 0.5) is 0 Å². The van der Waals surface area contributed by atoms with Crippen molar-refractivity contribution in [3.05, 3.63) is 39.7 Å². The van der Waals surface area contributed by atoms with Gasteiger partial charge in [-0.05, 0) is 39.0 Å². The number of fused-ring (bicyclic) bond motifs is 1. The molecule has 19 heavy (non-hydrogen) atoms. The van der Waals surface area contributed by atoms with E-state index < -0.39 is 11.4 Å². The molecule has 0 saturated heterocycles. The second kappa shape index (κ2) is 4.76. The number of carboxylic acid groups (broad SMARTS) is 1. The van der Waals surface area contributed by atoms with Crippen molar-refractivity contribution < 1.29 is 14.6 Å². The molecule has 0 radical (unpaired) electrons. The van der Waals surface area contributed by atoms with E-state index in [0.29, 0.717) is 22.3 Å². The first kappa shape index (κ1) is 13.1. The van der Waals surface area contributed by atoms with Crippen molar-refractivity contribution in [1.82, 2.24) is 4.98 Å². The van der Waals surface area contributed by atoms with Gasteiger partial charge < -0.3 is 14.8 Å². The van der Waals surface area contributed by atoms with Crippen molar-refractivity contribution in [3.63, 3.8) is 0 Å². The Morgan fingerprint density at radius 1 is 1.37 bits per heavy atom. The van der Waals surface area contributed by atoms with E-state index in [-0.39, 0.29) is 11.7 Å². The van der Waals surface area contributed by atoms with Crippen LogP contribution in [0, 0.1) is 6.92 Å². The van der Waals surface area contributed by atoms with Crippen molar-refractivity contribution in [2.24, 2.45) is 0 Å². The Morgan fingerprint density at radius 3 is 2.63 bits per heavy atom. The number of aromatic carboxylic acids is 1. The SMILES string of the molecule is Cc1[nH]c2ccc(OC(C)C)cc2c(=O)c1C(=O)O. The van der Waals surface area contributed by atoms with Crippen molar-refractivity contribution in [3.8, 4) is 5.75 Å². The highest BCUT2D eigenvalue weighted by Gasteiger charge is 2.16. The zero-order valence-corrected chi connectivity index (χ0v) is 11.0. The van der Waals surface area contributed by atoms with Crippen LogP contribution in [0.3, 0.4) is 0 Å². The van der Waals surface area contributed by atoms with E-state index in [2.05, 4.69) is 4.98 Å². The first-order valence-electron chi connectivity index (χ1n) is 5.96. The number of H-pyrrole nitrogens is 1. The van der Waals surface area contributed by atoms with Crippen LogP contribution in [0.15, 0.2) is 23.0 Å². The molecule has 0 saturated carbocycles. The quantitative estimate of drug-likeness (QED) is 0.888. The fourth-order valence-corrected chi connectivity index (χ4v) is 1.99. The van der Waals surface area contributed by atoms with Gasteiger partial charge in [0.25, 0.3) is 0 Å². The zero-order chi connectivity index (χ0) is 14.2. The number of pyridine rings is 1. The molecule has 1 heterocycles. The summed E-state index contributed by atoms with van der Waals surface area (Å²) in [6, 6.07) is 5.03. The van der Waals surface area contributed by atoms with E-state index in [4.69, 9.17) is 9.84 Å². The summed E-state index contributed by atoms with van der Waals surface area (Å²) in [5.41, 5.74) is 0.230. The lowest BCUT2D eigenvalue weighted by Crippen LogP contribution is -2.18. The highest BCUT2D eigenvalue weighted by molar-refractivity contribution is 5.94. The van der Waals surface area contributed by atoms with E-state index >= 15 is 0 Å². The summed E-state index contributed by atoms with van der Waals surface area (Å²) in [7, 11) is 0. The Balaban J connectivity index is 2.71. The highest BCUT2D eigenvalue weighted by Crippen LogP contribution is 2.19. The Morgan fingerprint density at radius 2 is 2.05 bits per heavy atom. The maximum atomic E-state index is 12.2. The van der Waals surface area contributed by atoms with Crippen molar-refractivity contribution in [2.45, 2.75) is 26.9 Å². The fourth-order valence-electron chi connectivity index (χ4n) is 1.99. The van der Waals surface area contributed by atoms with Crippen LogP contribution in [0.2, 0.25) is 0 Å². The Labute approximate surface area is 109 Å². The van der Waals surface area contributed by atoms with Crippen LogP contribution in [0.5, 0.6) is 5.75 Å². The van der Waals surface area contributed by atoms with Gasteiger partial charge in [0.05, 0.1) is 11.5 Å². The third-order valence-corrected chi connectivity index (χ3v) is 2.75. The largest absolute Gasteiger partial charge is 0.491 e. The number of aromatic nitrogens is 1. The fraction of sp³-hybridized carbons (Fsp3) is 0.286. The summed E-state index contributed by atoms with van der Waals surface area (Å²) >= 11 is 0. The van der Waals surface area contributed by atoms with Gasteiger partial charge in [0.15, 0.2) is 0 Å². The molecule has 0 aliphatic carbocycles. The van der Waals surface area contributed by atoms with Crippen LogP contribution >= 0.6 is 0 Å². The van der Waals surface area contributed by atoms with Crippen molar-refractivity contribution in [1.29, 1.82) is 0 Å². The number of carbonyl (C=O) groups is 1. The first-order chi connectivity index (χ1) is 8.90. The number of nitrogens with one attached hydrogen (secondary N) is 1. The molecule has 2 rings (SSSR count). The summed E-state index contributed by atoms with van der Waals surface area (Å²) in [5.74, 6) is -0.677. The van der Waals surface area contributed by atoms with Crippen molar-refractivity contribution >= 4 is 16.9 Å². The summed E-state index contributed by atoms with van der Waals surface area (Å²) < 4.78 is 5.51. The average Bonchev–Trinajstić information content (AvgIpc) is 2.28. The highest BCUT2D eigenvalue weighted by atomic mass is 16.5. The third kappa shape index (κ3) is 2.45. The lowest BCUT2D eigenvalue weighted by molar-refractivity contribution is 0.0694. The number of aryl methyl sites for hydroxylation is 1. The molecule has 5 nitrogen and oxygen atoms in total. The number of benzene rings is 1. The Bertz CT molecular complexity index is 700. The van der Waals surface area contributed by atoms with Gasteiger partial charge in [-0.1, -0.05) is 0 Å². The number of rotatable bonds is 3. The Hall–Kier alpha value is -2.30. The zero-order valence-electron chi connectivity index (χ0n) is 11.0. The molecule has 1 aromatic heterocycles. The minimum atomic E-state index is -1.23. The molecular formula is C14H15NO4. The summed E-state index contributed by atoms with van der Waals surface area (Å²) in [4.78, 5) is 26.2. The molecule has 0 aliphatic heterocycles. The van der Waals surface area contributed by atoms with Gasteiger partial charge in [-0.2, -0.15) is 0 Å². The van der Waals surface area contributed by atoms with E-state index in [0.717, 1.165) is 0 Å². The molecule has 0 atom stereocenters. The maximum absolute atomic E-state index is 12.2. The molecule has 0 spiro atoms. The van der Waals surface area contributed by atoms with Crippen molar-refractivity contribution in [2.75, 3.05) is 0 Å². The topological polar surface area (TPSA) is 79.4 Å². The second-order valence-corrected chi connectivity index (χ2v) is 4.63. The van der Waals surface area contributed by atoms with Crippen LogP contribution in [0.1, 0.15) is 29.9 Å². The summed E-state index contributed by atoms with van der Waals surface area (Å²) in [6.45, 7) is 5.33. The van der Waals surface area contributed by atoms with Gasteiger partial charge in [0, 0.05) is 11.2 Å². The number of hydrogen-bond acceptors (Lipinski definition) is 3. The smallest absolute Gasteiger partial charge is 0.341 e. The number of aromatic amines is 1. The van der Waals surface area contributed by atoms with Gasteiger partial charge in [0.2, 0.25) is 5.43 Å². The van der Waals surface area contributed by atoms with E-state index in [1.807, 2.05) is 13.8 Å². The van der Waals surface area contributed by atoms with Crippen LogP contribution in [-0.4, -0.2) is 22.2 Å². The maximum Gasteiger partial charge on any atom is 0.341 e. The molecule has 0 unspecified atom stereocenters. The van der Waals surface area contributed by atoms with Gasteiger partial charge in [-0.25, -0.2) is 4.79 Å². The van der Waals surface area contributed by atoms with E-state index in [9.17, 15) is 9.59 Å². The van der Waals surface area contributed by atoms with E-state index in [1.165, 1.54) is 0 Å². The molecular weight excluding hydrogens is 246 g/mol. The molecule has 0 amide bonds. The normalized spacial score (nSPS) is 10.9. The summed E-state index contributed by atoms with van der Waals surface area (Å²) in [5, 5.41) is 9.39.